The van der Waals surface area contributed by atoms with Crippen LogP contribution in [0.1, 0.15) is 31.2 Å². The first kappa shape index (κ1) is 13.6. The largest absolute Gasteiger partial charge is 0.462 e. The Labute approximate surface area is 116 Å². The van der Waals surface area contributed by atoms with Gasteiger partial charge in [0.05, 0.1) is 0 Å². The third-order valence-corrected chi connectivity index (χ3v) is 4.12. The van der Waals surface area contributed by atoms with Crippen LogP contribution in [0.4, 0.5) is 0 Å². The molecule has 1 heterocycles. The van der Waals surface area contributed by atoms with Gasteiger partial charge in [-0.05, 0) is 37.1 Å². The van der Waals surface area contributed by atoms with Gasteiger partial charge in [0, 0.05) is 16.4 Å². The van der Waals surface area contributed by atoms with Crippen LogP contribution < -0.4 is 5.32 Å². The summed E-state index contributed by atoms with van der Waals surface area (Å²) >= 11 is 3.43. The van der Waals surface area contributed by atoms with Crippen molar-refractivity contribution in [1.29, 1.82) is 0 Å². The van der Waals surface area contributed by atoms with E-state index >= 15 is 0 Å². The van der Waals surface area contributed by atoms with E-state index in [0.717, 1.165) is 23.9 Å². The normalized spacial score (nSPS) is 22.4. The summed E-state index contributed by atoms with van der Waals surface area (Å²) in [5.74, 6) is 0.193. The van der Waals surface area contributed by atoms with Crippen LogP contribution in [0.15, 0.2) is 28.7 Å². The highest BCUT2D eigenvalue weighted by atomic mass is 79.9. The topological polar surface area (TPSA) is 38.3 Å². The standard InChI is InChI=1S/C14H18BrNO2/c1-10(11-4-6-12(15)7-5-11)14(18-9-17)13-3-2-8-16-13/h4-7,9-10,13-14,16H,2-3,8H2,1H3/t10-,13?,14?/m0/s1. The average molecular weight is 312 g/mol. The molecule has 18 heavy (non-hydrogen) atoms. The summed E-state index contributed by atoms with van der Waals surface area (Å²) in [5.41, 5.74) is 1.19. The first-order chi connectivity index (χ1) is 8.72. The maximum Gasteiger partial charge on any atom is 0.293 e. The van der Waals surface area contributed by atoms with Gasteiger partial charge in [-0.1, -0.05) is 35.0 Å². The van der Waals surface area contributed by atoms with Crippen LogP contribution >= 0.6 is 15.9 Å². The molecule has 0 aliphatic carbocycles. The Morgan fingerprint density at radius 1 is 1.44 bits per heavy atom. The van der Waals surface area contributed by atoms with Gasteiger partial charge < -0.3 is 10.1 Å². The van der Waals surface area contributed by atoms with Crippen molar-refractivity contribution in [3.8, 4) is 0 Å². The highest BCUT2D eigenvalue weighted by Gasteiger charge is 2.31. The molecule has 1 aromatic rings. The van der Waals surface area contributed by atoms with Gasteiger partial charge in [0.1, 0.15) is 6.10 Å². The maximum atomic E-state index is 10.7. The van der Waals surface area contributed by atoms with E-state index in [0.29, 0.717) is 6.47 Å². The van der Waals surface area contributed by atoms with Crippen LogP contribution in [0.5, 0.6) is 0 Å². The first-order valence-corrected chi connectivity index (χ1v) is 7.09. The minimum Gasteiger partial charge on any atom is -0.462 e. The lowest BCUT2D eigenvalue weighted by molar-refractivity contribution is -0.135. The number of benzene rings is 1. The maximum absolute atomic E-state index is 10.7. The van der Waals surface area contributed by atoms with Gasteiger partial charge in [-0.15, -0.1) is 0 Å². The van der Waals surface area contributed by atoms with E-state index in [4.69, 9.17) is 4.74 Å². The number of ether oxygens (including phenoxy) is 1. The van der Waals surface area contributed by atoms with Crippen molar-refractivity contribution in [3.05, 3.63) is 34.3 Å². The van der Waals surface area contributed by atoms with Crippen LogP contribution in [0, 0.1) is 0 Å². The van der Waals surface area contributed by atoms with Crippen LogP contribution in [0.3, 0.4) is 0 Å². The van der Waals surface area contributed by atoms with Gasteiger partial charge in [0.2, 0.25) is 0 Å². The van der Waals surface area contributed by atoms with Crippen molar-refractivity contribution in [2.45, 2.75) is 37.8 Å². The third kappa shape index (κ3) is 3.12. The van der Waals surface area contributed by atoms with Crippen molar-refractivity contribution in [2.24, 2.45) is 0 Å². The van der Waals surface area contributed by atoms with E-state index in [1.165, 1.54) is 5.56 Å². The van der Waals surface area contributed by atoms with Crippen molar-refractivity contribution < 1.29 is 9.53 Å². The number of hydrogen-bond donors (Lipinski definition) is 1. The second kappa shape index (κ2) is 6.34. The summed E-state index contributed by atoms with van der Waals surface area (Å²) in [6, 6.07) is 8.46. The van der Waals surface area contributed by atoms with Crippen molar-refractivity contribution >= 4 is 22.4 Å². The number of carbonyl (C=O) groups excluding carboxylic acids is 1. The Morgan fingerprint density at radius 3 is 2.72 bits per heavy atom. The minimum absolute atomic E-state index is 0.0915. The van der Waals surface area contributed by atoms with E-state index in [1.54, 1.807) is 0 Å². The molecule has 1 N–H and O–H groups in total. The summed E-state index contributed by atoms with van der Waals surface area (Å²) in [7, 11) is 0. The molecule has 4 heteroatoms. The fourth-order valence-electron chi connectivity index (χ4n) is 2.57. The van der Waals surface area contributed by atoms with Gasteiger partial charge in [0.15, 0.2) is 0 Å². The summed E-state index contributed by atoms with van der Waals surface area (Å²) in [6.07, 6.45) is 2.13. The molecule has 0 spiro atoms. The molecule has 98 valence electrons. The molecule has 2 rings (SSSR count). The molecule has 2 unspecified atom stereocenters. The molecule has 0 bridgehead atoms. The van der Waals surface area contributed by atoms with Crippen LogP contribution in [0.25, 0.3) is 0 Å². The smallest absolute Gasteiger partial charge is 0.293 e. The van der Waals surface area contributed by atoms with E-state index in [-0.39, 0.29) is 18.1 Å². The van der Waals surface area contributed by atoms with E-state index in [9.17, 15) is 4.79 Å². The summed E-state index contributed by atoms with van der Waals surface area (Å²) < 4.78 is 6.38. The first-order valence-electron chi connectivity index (χ1n) is 6.30. The molecule has 1 aromatic carbocycles. The number of halogens is 1. The Balaban J connectivity index is 2.13. The molecule has 3 nitrogen and oxygen atoms in total. The Morgan fingerprint density at radius 2 is 2.17 bits per heavy atom. The van der Waals surface area contributed by atoms with E-state index in [1.807, 2.05) is 12.1 Å². The predicted molar refractivity (Wildman–Crippen MR) is 74.5 cm³/mol. The fourth-order valence-corrected chi connectivity index (χ4v) is 2.84. The lowest BCUT2D eigenvalue weighted by Crippen LogP contribution is -2.40. The molecule has 1 aliphatic rings. The van der Waals surface area contributed by atoms with Gasteiger partial charge in [0.25, 0.3) is 6.47 Å². The quantitative estimate of drug-likeness (QED) is 0.850. The van der Waals surface area contributed by atoms with Crippen molar-refractivity contribution in [1.82, 2.24) is 5.32 Å². The summed E-state index contributed by atoms with van der Waals surface area (Å²) in [5, 5.41) is 3.41. The highest BCUT2D eigenvalue weighted by Crippen LogP contribution is 2.27. The number of rotatable bonds is 5. The molecule has 0 aromatic heterocycles. The number of hydrogen-bond acceptors (Lipinski definition) is 3. The minimum atomic E-state index is -0.0915. The second-order valence-electron chi connectivity index (χ2n) is 4.74. The average Bonchev–Trinajstić information content (AvgIpc) is 2.90. The fraction of sp³-hybridized carbons (Fsp3) is 0.500. The molecule has 3 atom stereocenters. The lowest BCUT2D eigenvalue weighted by Gasteiger charge is -2.28. The molecule has 0 radical (unpaired) electrons. The zero-order valence-electron chi connectivity index (χ0n) is 10.4. The zero-order chi connectivity index (χ0) is 13.0. The van der Waals surface area contributed by atoms with Crippen molar-refractivity contribution in [3.63, 3.8) is 0 Å². The lowest BCUT2D eigenvalue weighted by atomic mass is 9.90. The predicted octanol–water partition coefficient (Wildman–Crippen LogP) is 2.85. The molecule has 0 saturated carbocycles. The summed E-state index contributed by atoms with van der Waals surface area (Å²) in [4.78, 5) is 10.7. The number of nitrogens with one attached hydrogen (secondary N) is 1. The van der Waals surface area contributed by atoms with Crippen LogP contribution in [0.2, 0.25) is 0 Å². The van der Waals surface area contributed by atoms with Gasteiger partial charge >= 0.3 is 0 Å². The van der Waals surface area contributed by atoms with E-state index < -0.39 is 0 Å². The van der Waals surface area contributed by atoms with Crippen LogP contribution in [-0.2, 0) is 9.53 Å². The molecular formula is C14H18BrNO2. The van der Waals surface area contributed by atoms with E-state index in [2.05, 4.69) is 40.3 Å². The third-order valence-electron chi connectivity index (χ3n) is 3.60. The molecule has 1 saturated heterocycles. The van der Waals surface area contributed by atoms with Crippen molar-refractivity contribution in [2.75, 3.05) is 6.54 Å². The highest BCUT2D eigenvalue weighted by molar-refractivity contribution is 9.10. The SMILES string of the molecule is C[C@@H](c1ccc(Br)cc1)C(OC=O)C1CCCN1. The van der Waals surface area contributed by atoms with Gasteiger partial charge in [-0.3, -0.25) is 4.79 Å². The Hall–Kier alpha value is -0.870. The molecular weight excluding hydrogens is 294 g/mol. The van der Waals surface area contributed by atoms with Crippen LogP contribution in [-0.4, -0.2) is 25.2 Å². The Kier molecular flexibility index (Phi) is 4.78. The zero-order valence-corrected chi connectivity index (χ0v) is 12.0. The Bertz CT molecular complexity index is 387. The molecule has 1 fully saturated rings. The summed E-state index contributed by atoms with van der Waals surface area (Å²) in [6.45, 7) is 3.69. The second-order valence-corrected chi connectivity index (χ2v) is 5.66. The number of carbonyl (C=O) groups is 1. The van der Waals surface area contributed by atoms with Gasteiger partial charge in [-0.25, -0.2) is 0 Å². The molecule has 1 aliphatic heterocycles. The molecule has 0 amide bonds. The van der Waals surface area contributed by atoms with Gasteiger partial charge in [-0.2, -0.15) is 0 Å². The monoisotopic (exact) mass is 311 g/mol.